The van der Waals surface area contributed by atoms with Gasteiger partial charge in [0.25, 0.3) is 0 Å². The number of alkyl halides is 1. The van der Waals surface area contributed by atoms with Crippen LogP contribution in [-0.2, 0) is 0 Å². The van der Waals surface area contributed by atoms with E-state index in [1.54, 1.807) is 0 Å². The van der Waals surface area contributed by atoms with Crippen LogP contribution in [-0.4, -0.2) is 16.6 Å². The molecule has 1 N–H and O–H groups in total. The lowest BCUT2D eigenvalue weighted by Gasteiger charge is -2.09. The molecular weight excluding hydrogens is 136 g/mol. The molecule has 2 heteroatoms. The highest BCUT2D eigenvalue weighted by Gasteiger charge is 2.59. The SMILES string of the molecule is CC1(Cl)CC1(C)CCO. The summed E-state index contributed by atoms with van der Waals surface area (Å²) in [5.74, 6) is 0. The highest BCUT2D eigenvalue weighted by atomic mass is 35.5. The zero-order valence-electron chi connectivity index (χ0n) is 5.95. The van der Waals surface area contributed by atoms with E-state index in [1.807, 2.05) is 6.92 Å². The second-order valence-electron chi connectivity index (χ2n) is 3.41. The van der Waals surface area contributed by atoms with Gasteiger partial charge in [-0.2, -0.15) is 0 Å². The number of hydrogen-bond acceptors (Lipinski definition) is 1. The van der Waals surface area contributed by atoms with Crippen molar-refractivity contribution in [3.8, 4) is 0 Å². The van der Waals surface area contributed by atoms with Gasteiger partial charge >= 0.3 is 0 Å². The molecule has 0 spiro atoms. The second kappa shape index (κ2) is 1.86. The van der Waals surface area contributed by atoms with Crippen molar-refractivity contribution in [1.82, 2.24) is 0 Å². The number of aliphatic hydroxyl groups excluding tert-OH is 1. The summed E-state index contributed by atoms with van der Waals surface area (Å²) in [5.41, 5.74) is 0.212. The summed E-state index contributed by atoms with van der Waals surface area (Å²) in [4.78, 5) is -0.0320. The van der Waals surface area contributed by atoms with Gasteiger partial charge in [-0.3, -0.25) is 0 Å². The lowest BCUT2D eigenvalue weighted by Crippen LogP contribution is -2.08. The molecule has 1 aliphatic rings. The molecule has 2 unspecified atom stereocenters. The Bertz CT molecular complexity index is 122. The van der Waals surface area contributed by atoms with Gasteiger partial charge < -0.3 is 5.11 Å². The molecule has 0 aromatic carbocycles. The fraction of sp³-hybridized carbons (Fsp3) is 1.00. The van der Waals surface area contributed by atoms with Crippen molar-refractivity contribution in [3.63, 3.8) is 0 Å². The van der Waals surface area contributed by atoms with Gasteiger partial charge in [0.2, 0.25) is 0 Å². The van der Waals surface area contributed by atoms with Crippen molar-refractivity contribution in [1.29, 1.82) is 0 Å². The molecule has 0 radical (unpaired) electrons. The Balaban J connectivity index is 2.42. The van der Waals surface area contributed by atoms with E-state index in [0.717, 1.165) is 12.8 Å². The van der Waals surface area contributed by atoms with E-state index in [-0.39, 0.29) is 16.9 Å². The molecule has 1 fully saturated rings. The molecule has 1 nitrogen and oxygen atoms in total. The van der Waals surface area contributed by atoms with Crippen LogP contribution in [0.3, 0.4) is 0 Å². The van der Waals surface area contributed by atoms with Crippen LogP contribution in [0.15, 0.2) is 0 Å². The van der Waals surface area contributed by atoms with Crippen LogP contribution in [0, 0.1) is 5.41 Å². The van der Waals surface area contributed by atoms with Gasteiger partial charge in [-0.05, 0) is 25.2 Å². The van der Waals surface area contributed by atoms with E-state index < -0.39 is 0 Å². The average molecular weight is 149 g/mol. The molecule has 0 bridgehead atoms. The average Bonchev–Trinajstić information content (AvgIpc) is 2.07. The molecule has 0 saturated heterocycles. The van der Waals surface area contributed by atoms with E-state index >= 15 is 0 Å². The maximum absolute atomic E-state index is 8.62. The summed E-state index contributed by atoms with van der Waals surface area (Å²) in [6, 6.07) is 0. The van der Waals surface area contributed by atoms with Gasteiger partial charge in [0.1, 0.15) is 0 Å². The first-order chi connectivity index (χ1) is 4.02. The predicted molar refractivity (Wildman–Crippen MR) is 38.7 cm³/mol. The topological polar surface area (TPSA) is 20.2 Å². The van der Waals surface area contributed by atoms with E-state index in [2.05, 4.69) is 6.92 Å². The smallest absolute Gasteiger partial charge is 0.0479 e. The van der Waals surface area contributed by atoms with Crippen LogP contribution in [0.5, 0.6) is 0 Å². The summed E-state index contributed by atoms with van der Waals surface area (Å²) in [6.45, 7) is 4.42. The first-order valence-electron chi connectivity index (χ1n) is 3.32. The summed E-state index contributed by atoms with van der Waals surface area (Å²) < 4.78 is 0. The minimum Gasteiger partial charge on any atom is -0.396 e. The van der Waals surface area contributed by atoms with E-state index in [0.29, 0.717) is 0 Å². The van der Waals surface area contributed by atoms with Crippen molar-refractivity contribution < 1.29 is 5.11 Å². The number of rotatable bonds is 2. The van der Waals surface area contributed by atoms with Crippen molar-refractivity contribution in [2.75, 3.05) is 6.61 Å². The highest BCUT2D eigenvalue weighted by Crippen LogP contribution is 2.62. The zero-order chi connectivity index (χ0) is 7.12. The third-order valence-electron chi connectivity index (χ3n) is 2.52. The predicted octanol–water partition coefficient (Wildman–Crippen LogP) is 1.78. The van der Waals surface area contributed by atoms with Crippen LogP contribution in [0.4, 0.5) is 0 Å². The Morgan fingerprint density at radius 3 is 2.11 bits per heavy atom. The Morgan fingerprint density at radius 1 is 1.56 bits per heavy atom. The van der Waals surface area contributed by atoms with Crippen LogP contribution in [0.1, 0.15) is 26.7 Å². The summed E-state index contributed by atoms with van der Waals surface area (Å²) >= 11 is 6.02. The van der Waals surface area contributed by atoms with Crippen LogP contribution >= 0.6 is 11.6 Å². The van der Waals surface area contributed by atoms with Gasteiger partial charge in [0, 0.05) is 11.5 Å². The molecule has 0 heterocycles. The second-order valence-corrected chi connectivity index (χ2v) is 4.24. The lowest BCUT2D eigenvalue weighted by molar-refractivity contribution is 0.252. The van der Waals surface area contributed by atoms with Gasteiger partial charge in [0.15, 0.2) is 0 Å². The van der Waals surface area contributed by atoms with Gasteiger partial charge in [0.05, 0.1) is 0 Å². The first kappa shape index (κ1) is 7.36. The van der Waals surface area contributed by atoms with Crippen LogP contribution in [0.2, 0.25) is 0 Å². The minimum absolute atomic E-state index is 0.0320. The van der Waals surface area contributed by atoms with Crippen LogP contribution < -0.4 is 0 Å². The molecular formula is C7H13ClO. The molecule has 0 aliphatic heterocycles. The van der Waals surface area contributed by atoms with Crippen molar-refractivity contribution >= 4 is 11.6 Å². The zero-order valence-corrected chi connectivity index (χ0v) is 6.70. The minimum atomic E-state index is -0.0320. The van der Waals surface area contributed by atoms with Crippen LogP contribution in [0.25, 0.3) is 0 Å². The van der Waals surface area contributed by atoms with E-state index in [4.69, 9.17) is 16.7 Å². The van der Waals surface area contributed by atoms with Crippen molar-refractivity contribution in [2.24, 2.45) is 5.41 Å². The molecule has 9 heavy (non-hydrogen) atoms. The molecule has 0 amide bonds. The number of halogens is 1. The molecule has 1 aliphatic carbocycles. The van der Waals surface area contributed by atoms with Crippen molar-refractivity contribution in [3.05, 3.63) is 0 Å². The summed E-state index contributed by atoms with van der Waals surface area (Å²) in [5, 5.41) is 8.62. The fourth-order valence-corrected chi connectivity index (χ4v) is 1.67. The highest BCUT2D eigenvalue weighted by molar-refractivity contribution is 6.26. The Morgan fingerprint density at radius 2 is 2.00 bits per heavy atom. The standard InChI is InChI=1S/C7H13ClO/c1-6(3-4-9)5-7(6,2)8/h9H,3-5H2,1-2H3. The maximum Gasteiger partial charge on any atom is 0.0479 e. The Labute approximate surface area is 61.0 Å². The molecule has 0 aromatic heterocycles. The summed E-state index contributed by atoms with van der Waals surface area (Å²) in [6.07, 6.45) is 1.88. The third kappa shape index (κ3) is 1.08. The van der Waals surface area contributed by atoms with Gasteiger partial charge in [-0.25, -0.2) is 0 Å². The molecule has 54 valence electrons. The van der Waals surface area contributed by atoms with Gasteiger partial charge in [-0.15, -0.1) is 11.6 Å². The van der Waals surface area contributed by atoms with Crippen molar-refractivity contribution in [2.45, 2.75) is 31.6 Å². The largest absolute Gasteiger partial charge is 0.396 e. The maximum atomic E-state index is 8.62. The van der Waals surface area contributed by atoms with E-state index in [9.17, 15) is 0 Å². The van der Waals surface area contributed by atoms with Gasteiger partial charge in [-0.1, -0.05) is 6.92 Å². The molecule has 2 atom stereocenters. The quantitative estimate of drug-likeness (QED) is 0.592. The third-order valence-corrected chi connectivity index (χ3v) is 3.11. The Kier molecular flexibility index (Phi) is 1.52. The monoisotopic (exact) mass is 148 g/mol. The molecule has 1 saturated carbocycles. The fourth-order valence-electron chi connectivity index (χ4n) is 1.28. The lowest BCUT2D eigenvalue weighted by atomic mass is 10.0. The number of hydrogen-bond donors (Lipinski definition) is 1. The molecule has 1 rings (SSSR count). The Hall–Kier alpha value is 0.250. The molecule has 0 aromatic rings. The summed E-state index contributed by atoms with van der Waals surface area (Å²) in [7, 11) is 0. The first-order valence-corrected chi connectivity index (χ1v) is 3.69. The normalized spacial score (nSPS) is 49.3. The van der Waals surface area contributed by atoms with E-state index in [1.165, 1.54) is 0 Å². The number of aliphatic hydroxyl groups is 1.